The maximum absolute atomic E-state index is 13.3. The summed E-state index contributed by atoms with van der Waals surface area (Å²) in [6, 6.07) is 34.2. The molecular weight excluding hydrogens is 370 g/mol. The number of rotatable bonds is 7. The summed E-state index contributed by atoms with van der Waals surface area (Å²) in [4.78, 5) is 15.2. The average molecular weight is 396 g/mol. The lowest BCUT2D eigenvalue weighted by atomic mass is 10.1. The van der Waals surface area contributed by atoms with Crippen molar-refractivity contribution in [3.05, 3.63) is 114 Å². The van der Waals surface area contributed by atoms with E-state index in [1.54, 1.807) is 0 Å². The van der Waals surface area contributed by atoms with E-state index in [0.29, 0.717) is 18.8 Å². The fourth-order valence-corrected chi connectivity index (χ4v) is 3.57. The van der Waals surface area contributed by atoms with Crippen LogP contribution in [0.3, 0.4) is 0 Å². The summed E-state index contributed by atoms with van der Waals surface area (Å²) in [5.41, 5.74) is 2.19. The Hall–Kier alpha value is -3.59. The predicted molar refractivity (Wildman–Crippen MR) is 121 cm³/mol. The van der Waals surface area contributed by atoms with Crippen LogP contribution >= 0.6 is 0 Å². The fraction of sp³-hybridized carbons (Fsp3) is 0.148. The van der Waals surface area contributed by atoms with Crippen molar-refractivity contribution in [1.82, 2.24) is 4.90 Å². The maximum Gasteiger partial charge on any atom is 0.263 e. The summed E-state index contributed by atoms with van der Waals surface area (Å²) in [7, 11) is 0. The highest BCUT2D eigenvalue weighted by atomic mass is 16.5. The molecule has 0 N–H and O–H groups in total. The number of hydrogen-bond acceptors (Lipinski definition) is 2. The minimum Gasteiger partial charge on any atom is -0.481 e. The van der Waals surface area contributed by atoms with Crippen LogP contribution in [0.4, 0.5) is 0 Å². The highest BCUT2D eigenvalue weighted by molar-refractivity contribution is 5.84. The molecule has 1 amide bonds. The molecular formula is C27H25NO2. The molecule has 0 saturated heterocycles. The maximum atomic E-state index is 13.3. The second-order valence-electron chi connectivity index (χ2n) is 7.43. The lowest BCUT2D eigenvalue weighted by Crippen LogP contribution is -2.39. The SMILES string of the molecule is C[C@H](Oc1ccc2ccccc2c1)C(=O)N(Cc1ccccc1)Cc1ccccc1. The van der Waals surface area contributed by atoms with E-state index in [9.17, 15) is 4.79 Å². The van der Waals surface area contributed by atoms with Gasteiger partial charge in [-0.2, -0.15) is 0 Å². The summed E-state index contributed by atoms with van der Waals surface area (Å²) < 4.78 is 6.05. The molecule has 0 aliphatic carbocycles. The minimum absolute atomic E-state index is 0.0316. The molecule has 0 radical (unpaired) electrons. The van der Waals surface area contributed by atoms with Crippen LogP contribution in [-0.4, -0.2) is 16.9 Å². The second-order valence-corrected chi connectivity index (χ2v) is 7.43. The van der Waals surface area contributed by atoms with Gasteiger partial charge in [-0.05, 0) is 41.0 Å². The molecule has 150 valence electrons. The van der Waals surface area contributed by atoms with Crippen LogP contribution in [0.25, 0.3) is 10.8 Å². The first kappa shape index (κ1) is 19.7. The smallest absolute Gasteiger partial charge is 0.263 e. The van der Waals surface area contributed by atoms with Crippen LogP contribution in [0.15, 0.2) is 103 Å². The molecule has 3 heteroatoms. The molecule has 3 nitrogen and oxygen atoms in total. The molecule has 4 aromatic carbocycles. The van der Waals surface area contributed by atoms with Crippen molar-refractivity contribution in [3.63, 3.8) is 0 Å². The van der Waals surface area contributed by atoms with Crippen LogP contribution in [0.5, 0.6) is 5.75 Å². The molecule has 4 rings (SSSR count). The summed E-state index contributed by atoms with van der Waals surface area (Å²) in [5, 5.41) is 2.25. The number of hydrogen-bond donors (Lipinski definition) is 0. The van der Waals surface area contributed by atoms with Crippen LogP contribution in [0.2, 0.25) is 0 Å². The van der Waals surface area contributed by atoms with E-state index < -0.39 is 6.10 Å². The van der Waals surface area contributed by atoms with E-state index in [2.05, 4.69) is 6.07 Å². The van der Waals surface area contributed by atoms with Crippen LogP contribution in [-0.2, 0) is 17.9 Å². The van der Waals surface area contributed by atoms with Gasteiger partial charge < -0.3 is 9.64 Å². The van der Waals surface area contributed by atoms with Gasteiger partial charge in [0.2, 0.25) is 0 Å². The number of carbonyl (C=O) groups excluding carboxylic acids is 1. The third-order valence-corrected chi connectivity index (χ3v) is 5.13. The van der Waals surface area contributed by atoms with E-state index in [1.165, 1.54) is 0 Å². The molecule has 0 spiro atoms. The number of carbonyl (C=O) groups is 1. The molecule has 4 aromatic rings. The molecule has 0 saturated carbocycles. The van der Waals surface area contributed by atoms with Crippen molar-refractivity contribution in [2.24, 2.45) is 0 Å². The zero-order chi connectivity index (χ0) is 20.8. The molecule has 0 bridgehead atoms. The van der Waals surface area contributed by atoms with E-state index in [-0.39, 0.29) is 5.91 Å². The van der Waals surface area contributed by atoms with Gasteiger partial charge >= 0.3 is 0 Å². The van der Waals surface area contributed by atoms with Gasteiger partial charge in [0.1, 0.15) is 5.75 Å². The van der Waals surface area contributed by atoms with Crippen LogP contribution < -0.4 is 4.74 Å². The largest absolute Gasteiger partial charge is 0.481 e. The summed E-state index contributed by atoms with van der Waals surface area (Å²) >= 11 is 0. The van der Waals surface area contributed by atoms with Crippen LogP contribution in [0.1, 0.15) is 18.1 Å². The third-order valence-electron chi connectivity index (χ3n) is 5.13. The van der Waals surface area contributed by atoms with Crippen LogP contribution in [0, 0.1) is 0 Å². The molecule has 0 aromatic heterocycles. The van der Waals surface area contributed by atoms with E-state index in [4.69, 9.17) is 4.74 Å². The topological polar surface area (TPSA) is 29.5 Å². The highest BCUT2D eigenvalue weighted by Gasteiger charge is 2.23. The molecule has 0 unspecified atom stereocenters. The Bertz CT molecular complexity index is 1070. The van der Waals surface area contributed by atoms with E-state index in [1.807, 2.05) is 109 Å². The lowest BCUT2D eigenvalue weighted by Gasteiger charge is -2.26. The molecule has 1 atom stereocenters. The number of benzene rings is 4. The summed E-state index contributed by atoms with van der Waals surface area (Å²) in [5.74, 6) is 0.671. The van der Waals surface area contributed by atoms with Crippen molar-refractivity contribution >= 4 is 16.7 Å². The standard InChI is InChI=1S/C27H25NO2/c1-21(30-26-17-16-24-14-8-9-15-25(24)18-26)27(29)28(19-22-10-4-2-5-11-22)20-23-12-6-3-7-13-23/h2-18,21H,19-20H2,1H3/t21-/m0/s1. The third kappa shape index (κ3) is 4.87. The summed E-state index contributed by atoms with van der Waals surface area (Å²) in [6.45, 7) is 2.90. The average Bonchev–Trinajstić information content (AvgIpc) is 2.79. The Kier molecular flexibility index (Phi) is 6.09. The monoisotopic (exact) mass is 395 g/mol. The fourth-order valence-electron chi connectivity index (χ4n) is 3.57. The van der Waals surface area contributed by atoms with Gasteiger partial charge in [-0.3, -0.25) is 4.79 Å². The van der Waals surface area contributed by atoms with Crippen molar-refractivity contribution in [1.29, 1.82) is 0 Å². The van der Waals surface area contributed by atoms with Crippen molar-refractivity contribution < 1.29 is 9.53 Å². The number of nitrogens with zero attached hydrogens (tertiary/aromatic N) is 1. The second kappa shape index (κ2) is 9.27. The molecule has 0 aliphatic rings. The van der Waals surface area contributed by atoms with Gasteiger partial charge in [-0.1, -0.05) is 91.0 Å². The molecule has 0 fully saturated rings. The predicted octanol–water partition coefficient (Wildman–Crippen LogP) is 5.84. The quantitative estimate of drug-likeness (QED) is 0.394. The summed E-state index contributed by atoms with van der Waals surface area (Å²) in [6.07, 6.45) is -0.585. The van der Waals surface area contributed by atoms with Gasteiger partial charge in [0.05, 0.1) is 0 Å². The zero-order valence-corrected chi connectivity index (χ0v) is 17.1. The Balaban J connectivity index is 1.52. The lowest BCUT2D eigenvalue weighted by molar-refractivity contribution is -0.139. The Morgan fingerprint density at radius 1 is 0.733 bits per heavy atom. The van der Waals surface area contributed by atoms with Crippen molar-refractivity contribution in [2.45, 2.75) is 26.1 Å². The number of fused-ring (bicyclic) bond motifs is 1. The van der Waals surface area contributed by atoms with E-state index >= 15 is 0 Å². The molecule has 30 heavy (non-hydrogen) atoms. The Labute approximate surface area is 177 Å². The van der Waals surface area contributed by atoms with Gasteiger partial charge in [-0.15, -0.1) is 0 Å². The first-order chi connectivity index (χ1) is 14.7. The number of amides is 1. The van der Waals surface area contributed by atoms with Gasteiger partial charge in [0.15, 0.2) is 6.10 Å². The molecule has 0 heterocycles. The minimum atomic E-state index is -0.585. The van der Waals surface area contributed by atoms with Crippen molar-refractivity contribution in [2.75, 3.05) is 0 Å². The van der Waals surface area contributed by atoms with Crippen molar-refractivity contribution in [3.8, 4) is 5.75 Å². The highest BCUT2D eigenvalue weighted by Crippen LogP contribution is 2.22. The Morgan fingerprint density at radius 2 is 1.27 bits per heavy atom. The van der Waals surface area contributed by atoms with Gasteiger partial charge in [0, 0.05) is 13.1 Å². The van der Waals surface area contributed by atoms with E-state index in [0.717, 1.165) is 21.9 Å². The molecule has 0 aliphatic heterocycles. The van der Waals surface area contributed by atoms with Gasteiger partial charge in [-0.25, -0.2) is 0 Å². The zero-order valence-electron chi connectivity index (χ0n) is 17.1. The Morgan fingerprint density at radius 3 is 1.87 bits per heavy atom. The van der Waals surface area contributed by atoms with Gasteiger partial charge in [0.25, 0.3) is 5.91 Å². The normalized spacial score (nSPS) is 11.8. The first-order valence-corrected chi connectivity index (χ1v) is 10.2. The first-order valence-electron chi connectivity index (χ1n) is 10.2. The number of ether oxygens (including phenoxy) is 1.